The van der Waals surface area contributed by atoms with Crippen molar-refractivity contribution < 1.29 is 0 Å². The van der Waals surface area contributed by atoms with Gasteiger partial charge >= 0.3 is 0 Å². The van der Waals surface area contributed by atoms with Crippen LogP contribution in [0.15, 0.2) is 23.6 Å². The quantitative estimate of drug-likeness (QED) is 0.463. The lowest BCUT2D eigenvalue weighted by molar-refractivity contribution is 0.919. The molecule has 76 valence electrons. The Kier molecular flexibility index (Phi) is 4.43. The van der Waals surface area contributed by atoms with Crippen LogP contribution in [-0.2, 0) is 0 Å². The van der Waals surface area contributed by atoms with E-state index in [4.69, 9.17) is 0 Å². The first-order chi connectivity index (χ1) is 6.88. The van der Waals surface area contributed by atoms with E-state index in [-0.39, 0.29) is 0 Å². The van der Waals surface area contributed by atoms with Crippen LogP contribution in [0.3, 0.4) is 0 Å². The number of rotatable bonds is 5. The topological polar surface area (TPSA) is 65.1 Å². The van der Waals surface area contributed by atoms with Crippen molar-refractivity contribution in [3.8, 4) is 0 Å². The van der Waals surface area contributed by atoms with Crippen molar-refractivity contribution in [2.75, 3.05) is 20.6 Å². The van der Waals surface area contributed by atoms with Gasteiger partial charge in [0, 0.05) is 19.8 Å². The fraction of sp³-hybridized carbons (Fsp3) is 0.333. The van der Waals surface area contributed by atoms with E-state index in [2.05, 4.69) is 25.6 Å². The van der Waals surface area contributed by atoms with Gasteiger partial charge in [0.05, 0.1) is 18.4 Å². The lowest BCUT2D eigenvalue weighted by atomic mass is 10.3. The predicted molar refractivity (Wildman–Crippen MR) is 58.0 cm³/mol. The number of nitrogens with zero attached hydrogens (tertiary/aromatic N) is 2. The zero-order valence-corrected chi connectivity index (χ0v) is 8.41. The Labute approximate surface area is 83.4 Å². The molecule has 0 fully saturated rings. The summed E-state index contributed by atoms with van der Waals surface area (Å²) in [5, 5.41) is 5.87. The number of H-pyrrole nitrogens is 1. The minimum atomic E-state index is 0.767. The van der Waals surface area contributed by atoms with Crippen LogP contribution in [0.5, 0.6) is 0 Å². The molecule has 0 aromatic carbocycles. The molecule has 5 heteroatoms. The van der Waals surface area contributed by atoms with Gasteiger partial charge in [-0.1, -0.05) is 0 Å². The molecule has 1 heterocycles. The van der Waals surface area contributed by atoms with Gasteiger partial charge in [-0.15, -0.1) is 0 Å². The maximum atomic E-state index is 4.22. The highest BCUT2D eigenvalue weighted by Gasteiger charge is 1.99. The Hall–Kier alpha value is -1.62. The number of aliphatic imine (C=N–C) groups is 1. The molecule has 0 amide bonds. The minimum Gasteiger partial charge on any atom is -0.379 e. The summed E-state index contributed by atoms with van der Waals surface area (Å²) in [5.74, 6) is 0. The summed E-state index contributed by atoms with van der Waals surface area (Å²) in [6.07, 6.45) is 7.06. The standard InChI is InChI=1S/C9H15N5/c1-10-4-3-8(13-6-11-2)9-5-12-7-14-9/h3,5-7,10H,4H2,1-2H3,(H,11,13)(H,12,14)/b8-3-. The second-order valence-electron chi connectivity index (χ2n) is 2.65. The molecule has 0 radical (unpaired) electrons. The second kappa shape index (κ2) is 5.93. The Morgan fingerprint density at radius 3 is 3.07 bits per heavy atom. The largest absolute Gasteiger partial charge is 0.379 e. The number of imidazole rings is 1. The van der Waals surface area contributed by atoms with Gasteiger partial charge in [0.25, 0.3) is 0 Å². The van der Waals surface area contributed by atoms with Crippen LogP contribution in [0, 0.1) is 0 Å². The number of aromatic amines is 1. The molecule has 0 aliphatic heterocycles. The van der Waals surface area contributed by atoms with E-state index in [1.807, 2.05) is 26.4 Å². The average molecular weight is 193 g/mol. The molecule has 0 aliphatic carbocycles. The molecule has 0 spiro atoms. The summed E-state index contributed by atoms with van der Waals surface area (Å²) in [4.78, 5) is 11.3. The smallest absolute Gasteiger partial charge is 0.106 e. The number of nitrogens with one attached hydrogen (secondary N) is 3. The SMILES string of the molecule is CN/C=N\C(=C/CNC)c1c[nH]cn1. The van der Waals surface area contributed by atoms with Crippen molar-refractivity contribution in [3.05, 3.63) is 24.3 Å². The molecule has 0 aliphatic rings. The van der Waals surface area contributed by atoms with Gasteiger partial charge in [-0.2, -0.15) is 0 Å². The summed E-state index contributed by atoms with van der Waals surface area (Å²) >= 11 is 0. The van der Waals surface area contributed by atoms with E-state index in [1.54, 1.807) is 12.7 Å². The van der Waals surface area contributed by atoms with Crippen LogP contribution >= 0.6 is 0 Å². The first kappa shape index (κ1) is 10.5. The summed E-state index contributed by atoms with van der Waals surface area (Å²) in [5.41, 5.74) is 1.68. The van der Waals surface area contributed by atoms with E-state index >= 15 is 0 Å². The highest BCUT2D eigenvalue weighted by atomic mass is 15.0. The van der Waals surface area contributed by atoms with Crippen molar-refractivity contribution >= 4 is 12.0 Å². The monoisotopic (exact) mass is 193 g/mol. The highest BCUT2D eigenvalue weighted by Crippen LogP contribution is 2.10. The molecule has 0 saturated carbocycles. The fourth-order valence-electron chi connectivity index (χ4n) is 0.957. The Bertz CT molecular complexity index is 299. The fourth-order valence-corrected chi connectivity index (χ4v) is 0.957. The van der Waals surface area contributed by atoms with Gasteiger partial charge in [-0.05, 0) is 13.1 Å². The zero-order chi connectivity index (χ0) is 10.2. The van der Waals surface area contributed by atoms with E-state index in [0.717, 1.165) is 17.9 Å². The van der Waals surface area contributed by atoms with Crippen molar-refractivity contribution in [2.45, 2.75) is 0 Å². The normalized spacial score (nSPS) is 12.3. The third-order valence-electron chi connectivity index (χ3n) is 1.59. The lowest BCUT2D eigenvalue weighted by Gasteiger charge is -1.97. The van der Waals surface area contributed by atoms with E-state index in [9.17, 15) is 0 Å². The molecule has 0 atom stereocenters. The van der Waals surface area contributed by atoms with Crippen LogP contribution in [0.25, 0.3) is 5.70 Å². The molecule has 0 saturated heterocycles. The number of aromatic nitrogens is 2. The second-order valence-corrected chi connectivity index (χ2v) is 2.65. The molecule has 1 rings (SSSR count). The average Bonchev–Trinajstić information content (AvgIpc) is 2.71. The number of hydrogen-bond acceptors (Lipinski definition) is 3. The summed E-state index contributed by atoms with van der Waals surface area (Å²) in [7, 11) is 3.70. The van der Waals surface area contributed by atoms with Crippen LogP contribution in [0.1, 0.15) is 5.69 Å². The molecule has 1 aromatic heterocycles. The van der Waals surface area contributed by atoms with Crippen LogP contribution in [0.4, 0.5) is 0 Å². The third-order valence-corrected chi connectivity index (χ3v) is 1.59. The van der Waals surface area contributed by atoms with Crippen LogP contribution in [0.2, 0.25) is 0 Å². The molecular formula is C9H15N5. The van der Waals surface area contributed by atoms with Gasteiger partial charge in [0.2, 0.25) is 0 Å². The molecule has 1 aromatic rings. The van der Waals surface area contributed by atoms with Gasteiger partial charge in [0.15, 0.2) is 0 Å². The van der Waals surface area contributed by atoms with E-state index in [0.29, 0.717) is 0 Å². The van der Waals surface area contributed by atoms with E-state index in [1.165, 1.54) is 0 Å². The maximum absolute atomic E-state index is 4.22. The van der Waals surface area contributed by atoms with Crippen LogP contribution in [-0.4, -0.2) is 36.9 Å². The molecule has 0 unspecified atom stereocenters. The minimum absolute atomic E-state index is 0.767. The van der Waals surface area contributed by atoms with Gasteiger partial charge in [-0.3, -0.25) is 0 Å². The van der Waals surface area contributed by atoms with Gasteiger partial charge in [0.1, 0.15) is 5.69 Å². The molecule has 3 N–H and O–H groups in total. The number of likely N-dealkylation sites (N-methyl/N-ethyl adjacent to an activating group) is 1. The first-order valence-electron chi connectivity index (χ1n) is 4.42. The van der Waals surface area contributed by atoms with Gasteiger partial charge in [-0.25, -0.2) is 9.98 Å². The summed E-state index contributed by atoms with van der Waals surface area (Å²) in [6, 6.07) is 0. The molecule has 0 bridgehead atoms. The van der Waals surface area contributed by atoms with Gasteiger partial charge < -0.3 is 15.6 Å². The van der Waals surface area contributed by atoms with E-state index < -0.39 is 0 Å². The van der Waals surface area contributed by atoms with Crippen molar-refractivity contribution in [2.24, 2.45) is 4.99 Å². The van der Waals surface area contributed by atoms with Crippen molar-refractivity contribution in [3.63, 3.8) is 0 Å². The van der Waals surface area contributed by atoms with Crippen LogP contribution < -0.4 is 10.6 Å². The highest BCUT2D eigenvalue weighted by molar-refractivity contribution is 5.70. The maximum Gasteiger partial charge on any atom is 0.106 e. The lowest BCUT2D eigenvalue weighted by Crippen LogP contribution is -2.06. The number of hydrogen-bond donors (Lipinski definition) is 3. The first-order valence-corrected chi connectivity index (χ1v) is 4.42. The molecule has 5 nitrogen and oxygen atoms in total. The predicted octanol–water partition coefficient (Wildman–Crippen LogP) is 0.218. The Balaban J connectivity index is 2.77. The summed E-state index contributed by atoms with van der Waals surface area (Å²) < 4.78 is 0. The van der Waals surface area contributed by atoms with Crippen molar-refractivity contribution in [1.29, 1.82) is 0 Å². The zero-order valence-electron chi connectivity index (χ0n) is 8.41. The third kappa shape index (κ3) is 3.02. The molecular weight excluding hydrogens is 178 g/mol. The summed E-state index contributed by atoms with van der Waals surface area (Å²) in [6.45, 7) is 0.767. The Morgan fingerprint density at radius 1 is 1.64 bits per heavy atom. The molecule has 14 heavy (non-hydrogen) atoms. The Morgan fingerprint density at radius 2 is 2.50 bits per heavy atom. The van der Waals surface area contributed by atoms with Crippen molar-refractivity contribution in [1.82, 2.24) is 20.6 Å².